The molecule has 1 aliphatic carbocycles. The van der Waals surface area contributed by atoms with Gasteiger partial charge >= 0.3 is 0 Å². The Balaban J connectivity index is 2.30. The average molecular weight is 294 g/mol. The molecule has 1 aromatic rings. The van der Waals surface area contributed by atoms with Gasteiger partial charge in [0.1, 0.15) is 10.7 Å². The molecule has 0 saturated heterocycles. The fourth-order valence-corrected chi connectivity index (χ4v) is 3.39. The third-order valence-corrected chi connectivity index (χ3v) is 5.28. The molecule has 1 aromatic carbocycles. The predicted octanol–water partition coefficient (Wildman–Crippen LogP) is 0.377. The highest BCUT2D eigenvalue weighted by atomic mass is 32.2. The Morgan fingerprint density at radius 3 is 2.28 bits per heavy atom. The van der Waals surface area contributed by atoms with Gasteiger partial charge in [0, 0.05) is 0 Å². The molecular formula is C9H11FN2O4S2. The van der Waals surface area contributed by atoms with Crippen molar-refractivity contribution < 1.29 is 21.2 Å². The normalized spacial score (nSPS) is 16.6. The standard InChI is InChI=1S/C9H11FN2O4S2/c10-8-5-6(1-4-9(8)17(11,13)14)12-18(15,16)7-2-3-7/h1,4-5,7,12H,2-3H2,(H2,11,13,14). The van der Waals surface area contributed by atoms with Crippen molar-refractivity contribution in [1.29, 1.82) is 0 Å². The first-order valence-electron chi connectivity index (χ1n) is 5.04. The Morgan fingerprint density at radius 2 is 1.83 bits per heavy atom. The second-order valence-corrected chi connectivity index (χ2v) is 7.53. The van der Waals surface area contributed by atoms with E-state index in [0.717, 1.165) is 18.2 Å². The van der Waals surface area contributed by atoms with Crippen molar-refractivity contribution >= 4 is 25.7 Å². The number of halogens is 1. The van der Waals surface area contributed by atoms with Crippen LogP contribution in [0, 0.1) is 5.82 Å². The van der Waals surface area contributed by atoms with E-state index in [2.05, 4.69) is 4.72 Å². The molecule has 0 spiro atoms. The zero-order valence-electron chi connectivity index (χ0n) is 9.13. The van der Waals surface area contributed by atoms with Crippen LogP contribution in [0.25, 0.3) is 0 Å². The van der Waals surface area contributed by atoms with Crippen molar-refractivity contribution in [1.82, 2.24) is 0 Å². The van der Waals surface area contributed by atoms with Gasteiger partial charge in [0.25, 0.3) is 0 Å². The van der Waals surface area contributed by atoms with Crippen molar-refractivity contribution in [3.63, 3.8) is 0 Å². The first kappa shape index (κ1) is 13.2. The summed E-state index contributed by atoms with van der Waals surface area (Å²) < 4.78 is 60.7. The van der Waals surface area contributed by atoms with Crippen LogP contribution in [-0.4, -0.2) is 22.1 Å². The number of benzene rings is 1. The number of hydrogen-bond acceptors (Lipinski definition) is 4. The molecule has 9 heteroatoms. The maximum atomic E-state index is 13.4. The number of nitrogens with one attached hydrogen (secondary N) is 1. The van der Waals surface area contributed by atoms with Gasteiger partial charge in [-0.05, 0) is 31.0 Å². The molecule has 1 aliphatic rings. The van der Waals surface area contributed by atoms with Gasteiger partial charge in [0.15, 0.2) is 0 Å². The van der Waals surface area contributed by atoms with Gasteiger partial charge in [-0.15, -0.1) is 0 Å². The van der Waals surface area contributed by atoms with Gasteiger partial charge in [0.2, 0.25) is 20.0 Å². The van der Waals surface area contributed by atoms with Crippen LogP contribution in [0.2, 0.25) is 0 Å². The topological polar surface area (TPSA) is 106 Å². The maximum absolute atomic E-state index is 13.4. The Labute approximate surface area is 104 Å². The molecule has 0 atom stereocenters. The highest BCUT2D eigenvalue weighted by molar-refractivity contribution is 7.93. The summed E-state index contributed by atoms with van der Waals surface area (Å²) in [6.45, 7) is 0. The lowest BCUT2D eigenvalue weighted by atomic mass is 10.3. The number of hydrogen-bond donors (Lipinski definition) is 2. The quantitative estimate of drug-likeness (QED) is 0.837. The van der Waals surface area contributed by atoms with Crippen molar-refractivity contribution in [2.45, 2.75) is 23.0 Å². The van der Waals surface area contributed by atoms with Crippen LogP contribution in [0.15, 0.2) is 23.1 Å². The van der Waals surface area contributed by atoms with Crippen LogP contribution >= 0.6 is 0 Å². The molecule has 3 N–H and O–H groups in total. The summed E-state index contributed by atoms with van der Waals surface area (Å²) in [5, 5.41) is 4.34. The van der Waals surface area contributed by atoms with Gasteiger partial charge in [-0.2, -0.15) is 0 Å². The Kier molecular flexibility index (Phi) is 3.07. The fourth-order valence-electron chi connectivity index (χ4n) is 1.42. The molecule has 18 heavy (non-hydrogen) atoms. The molecule has 1 saturated carbocycles. The van der Waals surface area contributed by atoms with Crippen LogP contribution in [-0.2, 0) is 20.0 Å². The van der Waals surface area contributed by atoms with E-state index < -0.39 is 36.0 Å². The molecule has 0 heterocycles. The Bertz CT molecular complexity index is 681. The third kappa shape index (κ3) is 2.79. The van der Waals surface area contributed by atoms with Gasteiger partial charge in [-0.25, -0.2) is 26.4 Å². The second kappa shape index (κ2) is 4.18. The number of sulfonamides is 2. The first-order chi connectivity index (χ1) is 8.20. The van der Waals surface area contributed by atoms with Crippen molar-refractivity contribution in [2.75, 3.05) is 4.72 Å². The minimum atomic E-state index is -4.15. The average Bonchev–Trinajstić information content (AvgIpc) is 2.97. The first-order valence-corrected chi connectivity index (χ1v) is 8.13. The third-order valence-electron chi connectivity index (χ3n) is 2.46. The molecule has 0 bridgehead atoms. The molecule has 0 aliphatic heterocycles. The molecular weight excluding hydrogens is 283 g/mol. The van der Waals surface area contributed by atoms with Gasteiger partial charge < -0.3 is 0 Å². The van der Waals surface area contributed by atoms with Crippen molar-refractivity contribution in [3.8, 4) is 0 Å². The van der Waals surface area contributed by atoms with E-state index in [4.69, 9.17) is 5.14 Å². The van der Waals surface area contributed by atoms with Gasteiger partial charge in [-0.1, -0.05) is 0 Å². The lowest BCUT2D eigenvalue weighted by Gasteiger charge is -2.08. The minimum absolute atomic E-state index is 0.0215. The van der Waals surface area contributed by atoms with Gasteiger partial charge in [-0.3, -0.25) is 4.72 Å². The molecule has 1 fully saturated rings. The van der Waals surface area contributed by atoms with Crippen molar-refractivity contribution in [2.24, 2.45) is 5.14 Å². The molecule has 0 radical (unpaired) electrons. The fraction of sp³-hybridized carbons (Fsp3) is 0.333. The van der Waals surface area contributed by atoms with Crippen LogP contribution in [0.3, 0.4) is 0 Å². The summed E-state index contributed by atoms with van der Waals surface area (Å²) in [5.74, 6) is -1.09. The summed E-state index contributed by atoms with van der Waals surface area (Å²) in [6, 6.07) is 2.87. The van der Waals surface area contributed by atoms with E-state index in [1.807, 2.05) is 0 Å². The number of nitrogens with two attached hydrogens (primary N) is 1. The van der Waals surface area contributed by atoms with Crippen LogP contribution < -0.4 is 9.86 Å². The summed E-state index contributed by atoms with van der Waals surface area (Å²) in [4.78, 5) is -0.670. The SMILES string of the molecule is NS(=O)(=O)c1ccc(NS(=O)(=O)C2CC2)cc1F. The summed E-state index contributed by atoms with van der Waals surface area (Å²) in [6.07, 6.45) is 1.15. The molecule has 6 nitrogen and oxygen atoms in total. The molecule has 0 aromatic heterocycles. The Hall–Kier alpha value is -1.19. The highest BCUT2D eigenvalue weighted by Gasteiger charge is 2.35. The zero-order chi connectivity index (χ0) is 13.6. The van der Waals surface area contributed by atoms with E-state index in [1.165, 1.54) is 0 Å². The predicted molar refractivity (Wildman–Crippen MR) is 63.3 cm³/mol. The van der Waals surface area contributed by atoms with E-state index in [1.54, 1.807) is 0 Å². The highest BCUT2D eigenvalue weighted by Crippen LogP contribution is 2.30. The molecule has 0 amide bonds. The summed E-state index contributed by atoms with van der Waals surface area (Å²) in [5.41, 5.74) is -0.0215. The zero-order valence-corrected chi connectivity index (χ0v) is 10.8. The molecule has 2 rings (SSSR count). The molecule has 100 valence electrons. The number of primary sulfonamides is 1. The van der Waals surface area contributed by atoms with Gasteiger partial charge in [0.05, 0.1) is 10.9 Å². The van der Waals surface area contributed by atoms with E-state index >= 15 is 0 Å². The monoisotopic (exact) mass is 294 g/mol. The summed E-state index contributed by atoms with van der Waals surface area (Å²) >= 11 is 0. The lowest BCUT2D eigenvalue weighted by molar-refractivity contribution is 0.568. The second-order valence-electron chi connectivity index (χ2n) is 4.04. The van der Waals surface area contributed by atoms with E-state index in [-0.39, 0.29) is 5.69 Å². The van der Waals surface area contributed by atoms with Crippen molar-refractivity contribution in [3.05, 3.63) is 24.0 Å². The number of rotatable bonds is 4. The minimum Gasteiger partial charge on any atom is -0.283 e. The van der Waals surface area contributed by atoms with Crippen LogP contribution in [0.5, 0.6) is 0 Å². The van der Waals surface area contributed by atoms with Crippen LogP contribution in [0.4, 0.5) is 10.1 Å². The Morgan fingerprint density at radius 1 is 1.22 bits per heavy atom. The molecule has 0 unspecified atom stereocenters. The summed E-state index contributed by atoms with van der Waals surface area (Å²) in [7, 11) is -7.65. The number of anilines is 1. The lowest BCUT2D eigenvalue weighted by Crippen LogP contribution is -2.18. The van der Waals surface area contributed by atoms with E-state index in [0.29, 0.717) is 12.8 Å². The largest absolute Gasteiger partial charge is 0.283 e. The van der Waals surface area contributed by atoms with E-state index in [9.17, 15) is 21.2 Å². The maximum Gasteiger partial charge on any atom is 0.240 e. The smallest absolute Gasteiger partial charge is 0.240 e. The van der Waals surface area contributed by atoms with Crippen LogP contribution in [0.1, 0.15) is 12.8 Å².